The Hall–Kier alpha value is -3.38. The number of nitrogens with zero attached hydrogens (tertiary/aromatic N) is 2. The first-order valence-corrected chi connectivity index (χ1v) is 9.85. The van der Waals surface area contributed by atoms with E-state index in [1.807, 2.05) is 66.9 Å². The molecule has 5 nitrogen and oxygen atoms in total. The van der Waals surface area contributed by atoms with Crippen LogP contribution in [-0.2, 0) is 0 Å². The third-order valence-corrected chi connectivity index (χ3v) is 5.38. The van der Waals surface area contributed by atoms with Gasteiger partial charge in [0.1, 0.15) is 0 Å². The first-order valence-electron chi connectivity index (χ1n) is 8.63. The molecule has 0 bridgehead atoms. The number of carbonyl (C=O) groups excluding carboxylic acids is 1. The van der Waals surface area contributed by atoms with Crippen LogP contribution in [-0.4, -0.2) is 17.1 Å². The van der Waals surface area contributed by atoms with E-state index in [-0.39, 0.29) is 11.6 Å². The van der Waals surface area contributed by atoms with Crippen molar-refractivity contribution >= 4 is 40.8 Å². The number of benzene rings is 3. The summed E-state index contributed by atoms with van der Waals surface area (Å²) >= 11 is 1.55. The van der Waals surface area contributed by atoms with E-state index in [4.69, 9.17) is 0 Å². The molecule has 1 heterocycles. The van der Waals surface area contributed by atoms with Crippen LogP contribution in [0.4, 0.5) is 11.4 Å². The number of anilines is 1. The molecule has 28 heavy (non-hydrogen) atoms. The van der Waals surface area contributed by atoms with Crippen molar-refractivity contribution in [2.45, 2.75) is 4.90 Å². The Kier molecular flexibility index (Phi) is 4.71. The van der Waals surface area contributed by atoms with E-state index in [1.54, 1.807) is 16.7 Å². The first kappa shape index (κ1) is 18.0. The topological polar surface area (TPSA) is 63.5 Å². The largest absolute Gasteiger partial charge is 0.275 e. The average molecular weight is 388 g/mol. The number of rotatable bonds is 4. The second kappa shape index (κ2) is 7.32. The summed E-state index contributed by atoms with van der Waals surface area (Å²) in [5, 5.41) is 11.3. The zero-order chi connectivity index (χ0) is 19.7. The van der Waals surface area contributed by atoms with Crippen LogP contribution >= 0.6 is 11.8 Å². The molecule has 3 aromatic carbocycles. The second-order valence-corrected chi connectivity index (χ2v) is 7.09. The van der Waals surface area contributed by atoms with Crippen LogP contribution in [0.3, 0.4) is 0 Å². The normalized spacial score (nSPS) is 14.4. The molecule has 0 atom stereocenters. The third kappa shape index (κ3) is 3.08. The van der Waals surface area contributed by atoms with Gasteiger partial charge in [-0.15, -0.1) is 11.8 Å². The van der Waals surface area contributed by atoms with Gasteiger partial charge in [-0.05, 0) is 36.1 Å². The van der Waals surface area contributed by atoms with E-state index in [9.17, 15) is 14.9 Å². The van der Waals surface area contributed by atoms with Gasteiger partial charge in [0.05, 0.1) is 21.9 Å². The highest BCUT2D eigenvalue weighted by Gasteiger charge is 2.35. The quantitative estimate of drug-likeness (QED) is 0.337. The summed E-state index contributed by atoms with van der Waals surface area (Å²) in [6, 6.07) is 21.7. The molecule has 138 valence electrons. The molecule has 0 aliphatic carbocycles. The molecule has 4 rings (SSSR count). The molecule has 1 amide bonds. The summed E-state index contributed by atoms with van der Waals surface area (Å²) in [4.78, 5) is 26.7. The lowest BCUT2D eigenvalue weighted by atomic mass is 10.1. The Balaban J connectivity index is 1.96. The number of amides is 1. The van der Waals surface area contributed by atoms with Gasteiger partial charge in [-0.1, -0.05) is 42.5 Å². The van der Waals surface area contributed by atoms with Crippen LogP contribution in [0.1, 0.15) is 21.5 Å². The lowest BCUT2D eigenvalue weighted by Gasteiger charge is -2.21. The minimum atomic E-state index is -0.441. The molecule has 0 radical (unpaired) electrons. The molecule has 0 unspecified atom stereocenters. The zero-order valence-corrected chi connectivity index (χ0v) is 15.8. The van der Waals surface area contributed by atoms with Gasteiger partial charge in [0.15, 0.2) is 0 Å². The molecule has 6 heteroatoms. The summed E-state index contributed by atoms with van der Waals surface area (Å²) < 4.78 is 0. The maximum Gasteiger partial charge on any atom is 0.270 e. The Morgan fingerprint density at radius 1 is 0.964 bits per heavy atom. The van der Waals surface area contributed by atoms with E-state index in [0.29, 0.717) is 16.8 Å². The summed E-state index contributed by atoms with van der Waals surface area (Å²) in [6.45, 7) is 0. The number of carbonyl (C=O) groups is 1. The Bertz CT molecular complexity index is 1110. The number of nitro benzene ring substituents is 1. The van der Waals surface area contributed by atoms with E-state index >= 15 is 0 Å². The van der Waals surface area contributed by atoms with Crippen LogP contribution in [0.5, 0.6) is 0 Å². The number of thioether (sulfide) groups is 1. The Morgan fingerprint density at radius 2 is 1.68 bits per heavy atom. The van der Waals surface area contributed by atoms with Crippen LogP contribution in [0.2, 0.25) is 0 Å². The van der Waals surface area contributed by atoms with E-state index in [0.717, 1.165) is 16.1 Å². The van der Waals surface area contributed by atoms with E-state index in [2.05, 4.69) is 0 Å². The molecule has 0 aromatic heterocycles. The Labute approximate surface area is 166 Å². The smallest absolute Gasteiger partial charge is 0.270 e. The molecule has 0 N–H and O–H groups in total. The number of hydrogen-bond donors (Lipinski definition) is 0. The predicted octanol–water partition coefficient (Wildman–Crippen LogP) is 5.48. The van der Waals surface area contributed by atoms with Gasteiger partial charge in [-0.2, -0.15) is 0 Å². The van der Waals surface area contributed by atoms with Crippen molar-refractivity contribution in [3.05, 3.63) is 99.6 Å². The lowest BCUT2D eigenvalue weighted by molar-refractivity contribution is -0.384. The van der Waals surface area contributed by atoms with Crippen molar-refractivity contribution in [2.24, 2.45) is 0 Å². The van der Waals surface area contributed by atoms with Gasteiger partial charge in [0.25, 0.3) is 11.6 Å². The first-order chi connectivity index (χ1) is 13.6. The summed E-state index contributed by atoms with van der Waals surface area (Å²) in [6.07, 6.45) is 3.85. The minimum Gasteiger partial charge on any atom is -0.275 e. The van der Waals surface area contributed by atoms with Crippen molar-refractivity contribution in [3.8, 4) is 0 Å². The van der Waals surface area contributed by atoms with Crippen LogP contribution in [0.15, 0.2) is 77.7 Å². The molecule has 1 aliphatic rings. The van der Waals surface area contributed by atoms with Gasteiger partial charge in [0, 0.05) is 22.6 Å². The average Bonchev–Trinajstić information content (AvgIpc) is 2.99. The standard InChI is InChI=1S/C22H16N2O3S/c1-28-21-10-6-5-9-19(21)23-20(13-15-7-3-2-4-8-15)18-14-16(24(26)27)11-12-17(18)22(23)25/h2-14H,1H3. The van der Waals surface area contributed by atoms with Crippen molar-refractivity contribution < 1.29 is 9.72 Å². The molecule has 3 aromatic rings. The molecule has 0 spiro atoms. The maximum absolute atomic E-state index is 13.3. The SMILES string of the molecule is CSc1ccccc1N1C(=O)c2ccc([N+](=O)[O-])cc2C1=Cc1ccccc1. The highest BCUT2D eigenvalue weighted by molar-refractivity contribution is 7.98. The highest BCUT2D eigenvalue weighted by Crippen LogP contribution is 2.42. The Morgan fingerprint density at radius 3 is 2.39 bits per heavy atom. The molecule has 0 saturated carbocycles. The van der Waals surface area contributed by atoms with E-state index < -0.39 is 4.92 Å². The molecular weight excluding hydrogens is 372 g/mol. The fourth-order valence-corrected chi connectivity index (χ4v) is 3.88. The number of fused-ring (bicyclic) bond motifs is 1. The maximum atomic E-state index is 13.3. The van der Waals surface area contributed by atoms with Crippen molar-refractivity contribution in [1.82, 2.24) is 0 Å². The number of hydrogen-bond acceptors (Lipinski definition) is 4. The fraction of sp³-hybridized carbons (Fsp3) is 0.0455. The summed E-state index contributed by atoms with van der Waals surface area (Å²) in [7, 11) is 0. The third-order valence-electron chi connectivity index (χ3n) is 4.59. The van der Waals surface area contributed by atoms with E-state index in [1.165, 1.54) is 18.2 Å². The number of para-hydroxylation sites is 1. The van der Waals surface area contributed by atoms with Gasteiger partial charge in [-0.25, -0.2) is 0 Å². The minimum absolute atomic E-state index is 0.0366. The van der Waals surface area contributed by atoms with Crippen LogP contribution < -0.4 is 4.90 Å². The van der Waals surface area contributed by atoms with Gasteiger partial charge in [0.2, 0.25) is 0 Å². The zero-order valence-electron chi connectivity index (χ0n) is 15.0. The predicted molar refractivity (Wildman–Crippen MR) is 112 cm³/mol. The van der Waals surface area contributed by atoms with Crippen molar-refractivity contribution in [1.29, 1.82) is 0 Å². The monoisotopic (exact) mass is 388 g/mol. The molecular formula is C22H16N2O3S. The second-order valence-electron chi connectivity index (χ2n) is 6.24. The van der Waals surface area contributed by atoms with Gasteiger partial charge >= 0.3 is 0 Å². The highest BCUT2D eigenvalue weighted by atomic mass is 32.2. The summed E-state index contributed by atoms with van der Waals surface area (Å²) in [5.74, 6) is -0.187. The fourth-order valence-electron chi connectivity index (χ4n) is 3.30. The number of non-ortho nitro benzene ring substituents is 1. The molecule has 0 saturated heterocycles. The van der Waals surface area contributed by atoms with Crippen LogP contribution in [0, 0.1) is 10.1 Å². The van der Waals surface area contributed by atoms with Crippen LogP contribution in [0.25, 0.3) is 11.8 Å². The number of nitro groups is 1. The van der Waals surface area contributed by atoms with Gasteiger partial charge < -0.3 is 0 Å². The summed E-state index contributed by atoms with van der Waals surface area (Å²) in [5.41, 5.74) is 3.31. The molecule has 0 fully saturated rings. The van der Waals surface area contributed by atoms with Crippen molar-refractivity contribution in [2.75, 3.05) is 11.2 Å². The lowest BCUT2D eigenvalue weighted by Crippen LogP contribution is -2.22. The van der Waals surface area contributed by atoms with Crippen molar-refractivity contribution in [3.63, 3.8) is 0 Å². The molecule has 1 aliphatic heterocycles. The van der Waals surface area contributed by atoms with Gasteiger partial charge in [-0.3, -0.25) is 19.8 Å².